The normalized spacial score (nSPS) is 13.9. The van der Waals surface area contributed by atoms with E-state index in [0.29, 0.717) is 6.04 Å². The summed E-state index contributed by atoms with van der Waals surface area (Å²) in [5.41, 5.74) is 2.29. The first-order valence-corrected chi connectivity index (χ1v) is 6.67. The van der Waals surface area contributed by atoms with Gasteiger partial charge in [-0.15, -0.1) is 0 Å². The van der Waals surface area contributed by atoms with E-state index in [0.717, 1.165) is 25.1 Å². The van der Waals surface area contributed by atoms with E-state index in [-0.39, 0.29) is 5.60 Å². The summed E-state index contributed by atoms with van der Waals surface area (Å²) in [6.45, 7) is 9.35. The molecule has 1 N–H and O–H groups in total. The van der Waals surface area contributed by atoms with E-state index in [9.17, 15) is 0 Å². The third-order valence-electron chi connectivity index (χ3n) is 3.44. The van der Waals surface area contributed by atoms with E-state index < -0.39 is 0 Å². The Labute approximate surface area is 111 Å². The van der Waals surface area contributed by atoms with E-state index in [1.807, 2.05) is 14.0 Å². The lowest BCUT2D eigenvalue weighted by molar-refractivity contribution is 0.00758. The largest absolute Gasteiger partial charge is 0.379 e. The first-order valence-electron chi connectivity index (χ1n) is 6.67. The standard InChI is InChI=1S/C14H27N3O/c1-7-17-13(8-11(2)16-17)9-12(15-5)10-14(3,4)18-6/h8,12,15H,7,9-10H2,1-6H3. The summed E-state index contributed by atoms with van der Waals surface area (Å²) in [7, 11) is 3.78. The van der Waals surface area contributed by atoms with Crippen molar-refractivity contribution in [2.24, 2.45) is 0 Å². The number of aromatic nitrogens is 2. The monoisotopic (exact) mass is 253 g/mol. The number of ether oxygens (including phenoxy) is 1. The lowest BCUT2D eigenvalue weighted by Crippen LogP contribution is -2.37. The molecule has 0 saturated carbocycles. The summed E-state index contributed by atoms with van der Waals surface area (Å²) in [5, 5.41) is 7.87. The topological polar surface area (TPSA) is 39.1 Å². The molecule has 18 heavy (non-hydrogen) atoms. The molecule has 0 amide bonds. The Hall–Kier alpha value is -0.870. The fraction of sp³-hybridized carbons (Fsp3) is 0.786. The highest BCUT2D eigenvalue weighted by Gasteiger charge is 2.23. The second-order valence-corrected chi connectivity index (χ2v) is 5.45. The molecule has 0 bridgehead atoms. The third kappa shape index (κ3) is 4.10. The Morgan fingerprint density at radius 1 is 1.50 bits per heavy atom. The minimum Gasteiger partial charge on any atom is -0.379 e. The van der Waals surface area contributed by atoms with Crippen LogP contribution in [0, 0.1) is 6.92 Å². The fourth-order valence-corrected chi connectivity index (χ4v) is 2.24. The van der Waals surface area contributed by atoms with Gasteiger partial charge in [0.2, 0.25) is 0 Å². The molecule has 0 aliphatic heterocycles. The number of nitrogens with zero attached hydrogens (tertiary/aromatic N) is 2. The van der Waals surface area contributed by atoms with E-state index in [1.54, 1.807) is 7.11 Å². The van der Waals surface area contributed by atoms with Gasteiger partial charge in [-0.05, 0) is 47.2 Å². The van der Waals surface area contributed by atoms with Crippen LogP contribution in [0.25, 0.3) is 0 Å². The molecule has 104 valence electrons. The highest BCUT2D eigenvalue weighted by atomic mass is 16.5. The first kappa shape index (κ1) is 15.2. The molecule has 0 aromatic carbocycles. The van der Waals surface area contributed by atoms with Gasteiger partial charge < -0.3 is 10.1 Å². The zero-order chi connectivity index (χ0) is 13.8. The van der Waals surface area contributed by atoms with Crippen LogP contribution in [0.3, 0.4) is 0 Å². The lowest BCUT2D eigenvalue weighted by atomic mass is 9.95. The number of methoxy groups -OCH3 is 1. The molecule has 0 saturated heterocycles. The molecular formula is C14H27N3O. The van der Waals surface area contributed by atoms with Crippen molar-refractivity contribution in [3.05, 3.63) is 17.5 Å². The van der Waals surface area contributed by atoms with E-state index in [2.05, 4.69) is 41.9 Å². The van der Waals surface area contributed by atoms with Crippen molar-refractivity contribution in [3.8, 4) is 0 Å². The SMILES string of the molecule is CCn1nc(C)cc1CC(CC(C)(C)OC)NC. The highest BCUT2D eigenvalue weighted by molar-refractivity contribution is 5.10. The fourth-order valence-electron chi connectivity index (χ4n) is 2.24. The van der Waals surface area contributed by atoms with Gasteiger partial charge in [0, 0.05) is 31.8 Å². The van der Waals surface area contributed by atoms with Gasteiger partial charge in [-0.25, -0.2) is 0 Å². The van der Waals surface area contributed by atoms with Crippen molar-refractivity contribution >= 4 is 0 Å². The van der Waals surface area contributed by atoms with Crippen molar-refractivity contribution in [3.63, 3.8) is 0 Å². The molecule has 1 aromatic rings. The molecule has 0 fully saturated rings. The molecule has 1 atom stereocenters. The number of nitrogens with one attached hydrogen (secondary N) is 1. The van der Waals surface area contributed by atoms with Gasteiger partial charge in [0.15, 0.2) is 0 Å². The summed E-state index contributed by atoms with van der Waals surface area (Å²) >= 11 is 0. The molecule has 1 unspecified atom stereocenters. The van der Waals surface area contributed by atoms with Crippen LogP contribution >= 0.6 is 0 Å². The van der Waals surface area contributed by atoms with Gasteiger partial charge in [0.25, 0.3) is 0 Å². The Morgan fingerprint density at radius 3 is 2.67 bits per heavy atom. The smallest absolute Gasteiger partial charge is 0.0637 e. The quantitative estimate of drug-likeness (QED) is 0.809. The van der Waals surface area contributed by atoms with E-state index >= 15 is 0 Å². The minimum atomic E-state index is -0.0974. The van der Waals surface area contributed by atoms with Crippen LogP contribution in [0.15, 0.2) is 6.07 Å². The molecule has 4 nitrogen and oxygen atoms in total. The zero-order valence-electron chi connectivity index (χ0n) is 12.6. The summed E-state index contributed by atoms with van der Waals surface area (Å²) in [6, 6.07) is 2.58. The van der Waals surface area contributed by atoms with Crippen molar-refractivity contribution in [1.29, 1.82) is 0 Å². The van der Waals surface area contributed by atoms with Crippen LogP contribution in [0.1, 0.15) is 38.6 Å². The molecule has 1 rings (SSSR count). The number of likely N-dealkylation sites (N-methyl/N-ethyl adjacent to an activating group) is 1. The van der Waals surface area contributed by atoms with Crippen LogP contribution in [0.2, 0.25) is 0 Å². The highest BCUT2D eigenvalue weighted by Crippen LogP contribution is 2.18. The summed E-state index contributed by atoms with van der Waals surface area (Å²) in [6.07, 6.45) is 1.96. The van der Waals surface area contributed by atoms with E-state index in [1.165, 1.54) is 5.69 Å². The molecule has 0 spiro atoms. The summed E-state index contributed by atoms with van der Waals surface area (Å²) in [5.74, 6) is 0. The molecular weight excluding hydrogens is 226 g/mol. The average molecular weight is 253 g/mol. The molecule has 1 heterocycles. The Kier molecular flexibility index (Phi) is 5.35. The Balaban J connectivity index is 2.73. The van der Waals surface area contributed by atoms with Crippen molar-refractivity contribution in [1.82, 2.24) is 15.1 Å². The van der Waals surface area contributed by atoms with Gasteiger partial charge in [-0.3, -0.25) is 4.68 Å². The Morgan fingerprint density at radius 2 is 2.17 bits per heavy atom. The van der Waals surface area contributed by atoms with Gasteiger partial charge in [-0.2, -0.15) is 5.10 Å². The molecule has 4 heteroatoms. The second kappa shape index (κ2) is 6.34. The van der Waals surface area contributed by atoms with Gasteiger partial charge >= 0.3 is 0 Å². The molecule has 1 aromatic heterocycles. The molecule has 0 radical (unpaired) electrons. The number of hydrogen-bond donors (Lipinski definition) is 1. The van der Waals surface area contributed by atoms with Crippen LogP contribution in [0.4, 0.5) is 0 Å². The van der Waals surface area contributed by atoms with Crippen LogP contribution < -0.4 is 5.32 Å². The first-order chi connectivity index (χ1) is 8.41. The van der Waals surface area contributed by atoms with Crippen LogP contribution in [0.5, 0.6) is 0 Å². The maximum atomic E-state index is 5.51. The van der Waals surface area contributed by atoms with Gasteiger partial charge in [0.05, 0.1) is 11.3 Å². The predicted octanol–water partition coefficient (Wildman–Crippen LogP) is 2.16. The molecule has 0 aliphatic rings. The van der Waals surface area contributed by atoms with Gasteiger partial charge in [-0.1, -0.05) is 0 Å². The maximum Gasteiger partial charge on any atom is 0.0637 e. The maximum absolute atomic E-state index is 5.51. The minimum absolute atomic E-state index is 0.0974. The number of hydrogen-bond acceptors (Lipinski definition) is 3. The lowest BCUT2D eigenvalue weighted by Gasteiger charge is -2.28. The van der Waals surface area contributed by atoms with E-state index in [4.69, 9.17) is 4.74 Å². The second-order valence-electron chi connectivity index (χ2n) is 5.45. The van der Waals surface area contributed by atoms with Crippen molar-refractivity contribution in [2.45, 2.75) is 58.7 Å². The van der Waals surface area contributed by atoms with Crippen molar-refractivity contribution in [2.75, 3.05) is 14.2 Å². The zero-order valence-corrected chi connectivity index (χ0v) is 12.6. The van der Waals surface area contributed by atoms with Gasteiger partial charge in [0.1, 0.15) is 0 Å². The summed E-state index contributed by atoms with van der Waals surface area (Å²) in [4.78, 5) is 0. The summed E-state index contributed by atoms with van der Waals surface area (Å²) < 4.78 is 7.59. The van der Waals surface area contributed by atoms with Crippen LogP contribution in [-0.4, -0.2) is 35.6 Å². The van der Waals surface area contributed by atoms with Crippen molar-refractivity contribution < 1.29 is 4.74 Å². The number of aryl methyl sites for hydroxylation is 2. The predicted molar refractivity (Wildman–Crippen MR) is 74.9 cm³/mol. The van der Waals surface area contributed by atoms with Crippen LogP contribution in [-0.2, 0) is 17.7 Å². The third-order valence-corrected chi connectivity index (χ3v) is 3.44. The molecule has 0 aliphatic carbocycles. The average Bonchev–Trinajstić information content (AvgIpc) is 2.68. The number of rotatable bonds is 7. The Bertz CT molecular complexity index is 371.